The maximum Gasteiger partial charge on any atom is 0.338 e. The predicted molar refractivity (Wildman–Crippen MR) is 75.2 cm³/mol. The molecule has 0 fully saturated rings. The van der Waals surface area contributed by atoms with E-state index in [1.165, 1.54) is 18.2 Å². The van der Waals surface area contributed by atoms with Gasteiger partial charge in [-0.25, -0.2) is 9.59 Å². The average molecular weight is 309 g/mol. The third-order valence-electron chi connectivity index (χ3n) is 2.42. The Morgan fingerprint density at radius 2 is 2.05 bits per heavy atom. The molecule has 2 N–H and O–H groups in total. The summed E-state index contributed by atoms with van der Waals surface area (Å²) in [7, 11) is 0. The van der Waals surface area contributed by atoms with Crippen molar-refractivity contribution in [3.63, 3.8) is 0 Å². The number of benzene rings is 1. The van der Waals surface area contributed by atoms with Crippen LogP contribution in [-0.2, 0) is 9.53 Å². The number of nitro benzene ring substituents is 1. The quantitative estimate of drug-likeness (QED) is 0.458. The van der Waals surface area contributed by atoms with Gasteiger partial charge in [-0.15, -0.1) is 0 Å². The lowest BCUT2D eigenvalue weighted by molar-refractivity contribution is -0.384. The van der Waals surface area contributed by atoms with Crippen molar-refractivity contribution < 1.29 is 24.0 Å². The molecular formula is C13H15N3O6. The van der Waals surface area contributed by atoms with Gasteiger partial charge in [0.25, 0.3) is 11.6 Å². The van der Waals surface area contributed by atoms with Crippen LogP contribution in [0.4, 0.5) is 10.5 Å². The first kappa shape index (κ1) is 17.1. The molecule has 3 amide bonds. The molecule has 9 nitrogen and oxygen atoms in total. The van der Waals surface area contributed by atoms with Crippen molar-refractivity contribution in [2.45, 2.75) is 13.3 Å². The third-order valence-corrected chi connectivity index (χ3v) is 2.42. The number of nitro groups is 1. The second-order valence-corrected chi connectivity index (χ2v) is 4.19. The SMILES string of the molecule is CCCNC(=O)NC(=O)COC(=O)c1cccc([N+](=O)[O-])c1. The van der Waals surface area contributed by atoms with Crippen LogP contribution in [0.1, 0.15) is 23.7 Å². The fourth-order valence-electron chi connectivity index (χ4n) is 1.41. The molecule has 22 heavy (non-hydrogen) atoms. The van der Waals surface area contributed by atoms with E-state index >= 15 is 0 Å². The number of rotatable bonds is 6. The molecular weight excluding hydrogens is 294 g/mol. The highest BCUT2D eigenvalue weighted by atomic mass is 16.6. The smallest absolute Gasteiger partial charge is 0.338 e. The maximum atomic E-state index is 11.7. The normalized spacial score (nSPS) is 9.68. The Labute approximate surface area is 125 Å². The average Bonchev–Trinajstić information content (AvgIpc) is 2.50. The largest absolute Gasteiger partial charge is 0.452 e. The van der Waals surface area contributed by atoms with Gasteiger partial charge in [0.1, 0.15) is 0 Å². The number of urea groups is 1. The molecule has 1 aromatic rings. The zero-order valence-electron chi connectivity index (χ0n) is 11.8. The zero-order chi connectivity index (χ0) is 16.5. The highest BCUT2D eigenvalue weighted by Crippen LogP contribution is 2.13. The molecule has 0 saturated heterocycles. The Kier molecular flexibility index (Phi) is 6.48. The minimum atomic E-state index is -0.896. The molecule has 0 saturated carbocycles. The Morgan fingerprint density at radius 1 is 1.32 bits per heavy atom. The molecule has 0 spiro atoms. The molecule has 1 aromatic carbocycles. The summed E-state index contributed by atoms with van der Waals surface area (Å²) in [5.41, 5.74) is -0.324. The van der Waals surface area contributed by atoms with E-state index in [0.29, 0.717) is 13.0 Å². The summed E-state index contributed by atoms with van der Waals surface area (Å²) < 4.78 is 4.68. The van der Waals surface area contributed by atoms with Gasteiger partial charge in [0.05, 0.1) is 10.5 Å². The van der Waals surface area contributed by atoms with Gasteiger partial charge in [0.15, 0.2) is 6.61 Å². The minimum absolute atomic E-state index is 0.0579. The zero-order valence-corrected chi connectivity index (χ0v) is 11.8. The fraction of sp³-hybridized carbons (Fsp3) is 0.308. The molecule has 0 heterocycles. The summed E-state index contributed by atoms with van der Waals surface area (Å²) >= 11 is 0. The van der Waals surface area contributed by atoms with E-state index in [1.54, 1.807) is 0 Å². The van der Waals surface area contributed by atoms with E-state index in [4.69, 9.17) is 0 Å². The van der Waals surface area contributed by atoms with Crippen LogP contribution >= 0.6 is 0 Å². The molecule has 0 unspecified atom stereocenters. The number of hydrogen-bond acceptors (Lipinski definition) is 6. The number of carbonyl (C=O) groups excluding carboxylic acids is 3. The van der Waals surface area contributed by atoms with E-state index < -0.39 is 29.4 Å². The van der Waals surface area contributed by atoms with Gasteiger partial charge in [-0.2, -0.15) is 0 Å². The minimum Gasteiger partial charge on any atom is -0.452 e. The first-order valence-electron chi connectivity index (χ1n) is 6.43. The second kappa shape index (κ2) is 8.35. The summed E-state index contributed by atoms with van der Waals surface area (Å²) in [5.74, 6) is -1.69. The van der Waals surface area contributed by atoms with Crippen molar-refractivity contribution in [3.8, 4) is 0 Å². The maximum absolute atomic E-state index is 11.7. The van der Waals surface area contributed by atoms with Crippen molar-refractivity contribution in [2.24, 2.45) is 0 Å². The van der Waals surface area contributed by atoms with Crippen LogP contribution in [0.5, 0.6) is 0 Å². The van der Waals surface area contributed by atoms with Crippen LogP contribution in [0.2, 0.25) is 0 Å². The van der Waals surface area contributed by atoms with Crippen LogP contribution in [0, 0.1) is 10.1 Å². The number of non-ortho nitro benzene ring substituents is 1. The third kappa shape index (κ3) is 5.57. The van der Waals surface area contributed by atoms with Crippen LogP contribution in [-0.4, -0.2) is 36.0 Å². The highest BCUT2D eigenvalue weighted by molar-refractivity contribution is 5.97. The van der Waals surface area contributed by atoms with Crippen LogP contribution in [0.25, 0.3) is 0 Å². The van der Waals surface area contributed by atoms with Crippen molar-refractivity contribution in [1.29, 1.82) is 0 Å². The number of esters is 1. The van der Waals surface area contributed by atoms with Crippen molar-refractivity contribution in [3.05, 3.63) is 39.9 Å². The highest BCUT2D eigenvalue weighted by Gasteiger charge is 2.15. The number of nitrogens with one attached hydrogen (secondary N) is 2. The Bertz CT molecular complexity index is 587. The van der Waals surface area contributed by atoms with Gasteiger partial charge >= 0.3 is 12.0 Å². The Balaban J connectivity index is 2.49. The van der Waals surface area contributed by atoms with Gasteiger partial charge in [0, 0.05) is 18.7 Å². The molecule has 9 heteroatoms. The molecule has 1 rings (SSSR count). The Hall–Kier alpha value is -2.97. The predicted octanol–water partition coefficient (Wildman–Crippen LogP) is 0.987. The summed E-state index contributed by atoms with van der Waals surface area (Å²) in [6.07, 6.45) is 0.712. The lowest BCUT2D eigenvalue weighted by Gasteiger charge is -2.06. The number of carbonyl (C=O) groups is 3. The summed E-state index contributed by atoms with van der Waals surface area (Å²) in [6.45, 7) is 1.59. The molecule has 0 aliphatic heterocycles. The van der Waals surface area contributed by atoms with Gasteiger partial charge in [0.2, 0.25) is 0 Å². The number of imide groups is 1. The Morgan fingerprint density at radius 3 is 2.68 bits per heavy atom. The summed E-state index contributed by atoms with van der Waals surface area (Å²) in [6, 6.07) is 4.22. The standard InChI is InChI=1S/C13H15N3O6/c1-2-6-14-13(19)15-11(17)8-22-12(18)9-4-3-5-10(7-9)16(20)21/h3-5,7H,2,6,8H2,1H3,(H2,14,15,17,19). The molecule has 0 atom stereocenters. The lowest BCUT2D eigenvalue weighted by Crippen LogP contribution is -2.41. The number of hydrogen-bond donors (Lipinski definition) is 2. The van der Waals surface area contributed by atoms with Crippen molar-refractivity contribution in [1.82, 2.24) is 10.6 Å². The summed E-state index contributed by atoms with van der Waals surface area (Å²) in [4.78, 5) is 44.2. The van der Waals surface area contributed by atoms with Crippen molar-refractivity contribution in [2.75, 3.05) is 13.2 Å². The second-order valence-electron chi connectivity index (χ2n) is 4.19. The van der Waals surface area contributed by atoms with Gasteiger partial charge in [-0.05, 0) is 12.5 Å². The van der Waals surface area contributed by atoms with Gasteiger partial charge < -0.3 is 10.1 Å². The van der Waals surface area contributed by atoms with E-state index in [0.717, 1.165) is 6.07 Å². The molecule has 0 bridgehead atoms. The van der Waals surface area contributed by atoms with Crippen LogP contribution < -0.4 is 10.6 Å². The summed E-state index contributed by atoms with van der Waals surface area (Å²) in [5, 5.41) is 15.0. The first-order valence-corrected chi connectivity index (χ1v) is 6.43. The van der Waals surface area contributed by atoms with E-state index in [2.05, 4.69) is 10.1 Å². The molecule has 118 valence electrons. The van der Waals surface area contributed by atoms with E-state index in [1.807, 2.05) is 12.2 Å². The van der Waals surface area contributed by atoms with Crippen LogP contribution in [0.15, 0.2) is 24.3 Å². The van der Waals surface area contributed by atoms with Gasteiger partial charge in [-0.1, -0.05) is 13.0 Å². The first-order chi connectivity index (χ1) is 10.4. The van der Waals surface area contributed by atoms with Crippen LogP contribution in [0.3, 0.4) is 0 Å². The molecule has 0 aromatic heterocycles. The number of ether oxygens (including phenoxy) is 1. The van der Waals surface area contributed by atoms with Gasteiger partial charge in [-0.3, -0.25) is 20.2 Å². The molecule has 0 aliphatic rings. The topological polar surface area (TPSA) is 128 Å². The van der Waals surface area contributed by atoms with E-state index in [9.17, 15) is 24.5 Å². The monoisotopic (exact) mass is 309 g/mol. The lowest BCUT2D eigenvalue weighted by atomic mass is 10.2. The molecule has 0 aliphatic carbocycles. The van der Waals surface area contributed by atoms with E-state index in [-0.39, 0.29) is 11.3 Å². The number of amides is 3. The van der Waals surface area contributed by atoms with Crippen molar-refractivity contribution >= 4 is 23.6 Å². The number of nitrogens with zero attached hydrogens (tertiary/aromatic N) is 1. The molecule has 0 radical (unpaired) electrons. The fourth-order valence-corrected chi connectivity index (χ4v) is 1.41.